The number of carbonyl (C=O) groups is 1. The van der Waals surface area contributed by atoms with Crippen molar-refractivity contribution in [2.75, 3.05) is 0 Å². The van der Waals surface area contributed by atoms with Crippen molar-refractivity contribution < 1.29 is 14.4 Å². The van der Waals surface area contributed by atoms with Crippen LogP contribution in [0.15, 0.2) is 35.0 Å². The van der Waals surface area contributed by atoms with Crippen molar-refractivity contribution in [3.8, 4) is 5.75 Å². The van der Waals surface area contributed by atoms with E-state index in [9.17, 15) is 9.90 Å². The highest BCUT2D eigenvalue weighted by atomic mass is 16.5. The number of aromatic hydroxyl groups is 1. The van der Waals surface area contributed by atoms with Gasteiger partial charge in [-0.1, -0.05) is 11.2 Å². The number of nitrogens with one attached hydrogen (secondary N) is 1. The molecule has 0 bridgehead atoms. The van der Waals surface area contributed by atoms with Gasteiger partial charge in [-0.25, -0.2) is 0 Å². The largest absolute Gasteiger partial charge is 0.507 e. The van der Waals surface area contributed by atoms with Crippen LogP contribution in [0.5, 0.6) is 5.75 Å². The Morgan fingerprint density at radius 3 is 2.94 bits per heavy atom. The van der Waals surface area contributed by atoms with E-state index in [2.05, 4.69) is 10.5 Å². The molecular formula is C12H12N2O3. The van der Waals surface area contributed by atoms with Gasteiger partial charge in [0.1, 0.15) is 5.75 Å². The van der Waals surface area contributed by atoms with Gasteiger partial charge in [-0.15, -0.1) is 0 Å². The van der Waals surface area contributed by atoms with E-state index in [-0.39, 0.29) is 23.8 Å². The van der Waals surface area contributed by atoms with E-state index in [0.29, 0.717) is 5.76 Å². The first-order chi connectivity index (χ1) is 8.16. The topological polar surface area (TPSA) is 75.4 Å². The van der Waals surface area contributed by atoms with Crippen LogP contribution in [0.25, 0.3) is 0 Å². The minimum Gasteiger partial charge on any atom is -0.507 e. The molecule has 88 valence electrons. The van der Waals surface area contributed by atoms with Crippen LogP contribution < -0.4 is 5.32 Å². The highest BCUT2D eigenvalue weighted by Gasteiger charge is 2.11. The summed E-state index contributed by atoms with van der Waals surface area (Å²) >= 11 is 0. The summed E-state index contributed by atoms with van der Waals surface area (Å²) < 4.78 is 4.84. The zero-order chi connectivity index (χ0) is 12.3. The molecule has 0 fully saturated rings. The molecule has 0 aliphatic rings. The fraction of sp³-hybridized carbons (Fsp3) is 0.167. The van der Waals surface area contributed by atoms with Crippen LogP contribution in [-0.2, 0) is 6.54 Å². The first-order valence-corrected chi connectivity index (χ1v) is 5.14. The third kappa shape index (κ3) is 2.63. The molecule has 0 unspecified atom stereocenters. The zero-order valence-electron chi connectivity index (χ0n) is 9.30. The number of carbonyl (C=O) groups excluding carboxylic acids is 1. The molecule has 1 aromatic carbocycles. The number of aryl methyl sites for hydroxylation is 1. The maximum absolute atomic E-state index is 11.7. The Bertz CT molecular complexity index is 521. The van der Waals surface area contributed by atoms with Crippen molar-refractivity contribution in [1.29, 1.82) is 0 Å². The third-order valence-electron chi connectivity index (χ3n) is 2.31. The second-order valence-electron chi connectivity index (χ2n) is 3.68. The number of phenols is 1. The summed E-state index contributed by atoms with van der Waals surface area (Å²) in [5, 5.41) is 15.8. The lowest BCUT2D eigenvalue weighted by atomic mass is 10.1. The third-order valence-corrected chi connectivity index (χ3v) is 2.31. The highest BCUT2D eigenvalue weighted by molar-refractivity contribution is 5.96. The minimum absolute atomic E-state index is 0.0277. The van der Waals surface area contributed by atoms with Gasteiger partial charge in [0, 0.05) is 6.07 Å². The molecule has 0 saturated carbocycles. The Balaban J connectivity index is 2.04. The molecule has 2 aromatic rings. The van der Waals surface area contributed by atoms with Gasteiger partial charge in [0.2, 0.25) is 0 Å². The van der Waals surface area contributed by atoms with Crippen molar-refractivity contribution in [2.24, 2.45) is 0 Å². The second-order valence-corrected chi connectivity index (χ2v) is 3.68. The van der Waals surface area contributed by atoms with E-state index in [0.717, 1.165) is 5.56 Å². The number of rotatable bonds is 3. The molecule has 0 saturated heterocycles. The average Bonchev–Trinajstić information content (AvgIpc) is 2.78. The van der Waals surface area contributed by atoms with Crippen LogP contribution in [0.4, 0.5) is 0 Å². The first-order valence-electron chi connectivity index (χ1n) is 5.14. The highest BCUT2D eigenvalue weighted by Crippen LogP contribution is 2.18. The molecule has 0 radical (unpaired) electrons. The van der Waals surface area contributed by atoms with Gasteiger partial charge in [-0.2, -0.15) is 0 Å². The summed E-state index contributed by atoms with van der Waals surface area (Å²) in [6.45, 7) is 2.09. The SMILES string of the molecule is Cc1ccc(C(=O)NCc2ccno2)c(O)c1. The van der Waals surface area contributed by atoms with Gasteiger partial charge >= 0.3 is 0 Å². The van der Waals surface area contributed by atoms with Gasteiger partial charge in [-0.3, -0.25) is 4.79 Å². The lowest BCUT2D eigenvalue weighted by Crippen LogP contribution is -2.22. The lowest BCUT2D eigenvalue weighted by molar-refractivity contribution is 0.0944. The fourth-order valence-corrected chi connectivity index (χ4v) is 1.43. The van der Waals surface area contributed by atoms with Gasteiger partial charge in [0.15, 0.2) is 5.76 Å². The summed E-state index contributed by atoms with van der Waals surface area (Å²) in [5.74, 6) is 0.184. The predicted molar refractivity (Wildman–Crippen MR) is 60.5 cm³/mol. The van der Waals surface area contributed by atoms with E-state index in [4.69, 9.17) is 4.52 Å². The van der Waals surface area contributed by atoms with Gasteiger partial charge in [0.25, 0.3) is 5.91 Å². The van der Waals surface area contributed by atoms with E-state index in [1.807, 2.05) is 6.92 Å². The molecule has 0 aliphatic heterocycles. The molecule has 5 nitrogen and oxygen atoms in total. The number of phenolic OH excluding ortho intramolecular Hbond substituents is 1. The Labute approximate surface area is 98.1 Å². The summed E-state index contributed by atoms with van der Waals surface area (Å²) in [7, 11) is 0. The fourth-order valence-electron chi connectivity index (χ4n) is 1.43. The maximum atomic E-state index is 11.7. The van der Waals surface area contributed by atoms with Crippen molar-refractivity contribution in [2.45, 2.75) is 13.5 Å². The quantitative estimate of drug-likeness (QED) is 0.843. The van der Waals surface area contributed by atoms with Crippen LogP contribution in [0.3, 0.4) is 0 Å². The van der Waals surface area contributed by atoms with Gasteiger partial charge in [-0.05, 0) is 24.6 Å². The van der Waals surface area contributed by atoms with Crippen molar-refractivity contribution in [1.82, 2.24) is 10.5 Å². The Hall–Kier alpha value is -2.30. The number of amides is 1. The summed E-state index contributed by atoms with van der Waals surface area (Å²) in [6.07, 6.45) is 1.50. The van der Waals surface area contributed by atoms with Gasteiger partial charge < -0.3 is 14.9 Å². The average molecular weight is 232 g/mol. The Morgan fingerprint density at radius 1 is 1.47 bits per heavy atom. The molecule has 5 heteroatoms. The predicted octanol–water partition coefficient (Wildman–Crippen LogP) is 1.62. The van der Waals surface area contributed by atoms with Gasteiger partial charge in [0.05, 0.1) is 18.3 Å². The maximum Gasteiger partial charge on any atom is 0.255 e. The first kappa shape index (κ1) is 11.2. The minimum atomic E-state index is -0.348. The monoisotopic (exact) mass is 232 g/mol. The van der Waals surface area contributed by atoms with Crippen molar-refractivity contribution in [3.05, 3.63) is 47.3 Å². The van der Waals surface area contributed by atoms with E-state index in [1.165, 1.54) is 6.20 Å². The van der Waals surface area contributed by atoms with E-state index >= 15 is 0 Å². The molecule has 17 heavy (non-hydrogen) atoms. The molecule has 2 N–H and O–H groups in total. The molecular weight excluding hydrogens is 220 g/mol. The van der Waals surface area contributed by atoms with Crippen LogP contribution in [0.1, 0.15) is 21.7 Å². The summed E-state index contributed by atoms with van der Waals surface area (Å²) in [6, 6.07) is 6.56. The molecule has 0 atom stereocenters. The molecule has 1 heterocycles. The molecule has 0 aliphatic carbocycles. The molecule has 1 amide bonds. The molecule has 2 rings (SSSR count). The van der Waals surface area contributed by atoms with Crippen LogP contribution >= 0.6 is 0 Å². The number of nitrogens with zero attached hydrogens (tertiary/aromatic N) is 1. The van der Waals surface area contributed by atoms with Crippen molar-refractivity contribution in [3.63, 3.8) is 0 Å². The Morgan fingerprint density at radius 2 is 2.29 bits per heavy atom. The van der Waals surface area contributed by atoms with E-state index < -0.39 is 0 Å². The second kappa shape index (κ2) is 4.69. The smallest absolute Gasteiger partial charge is 0.255 e. The number of hydrogen-bond acceptors (Lipinski definition) is 4. The standard InChI is InChI=1S/C12H12N2O3/c1-8-2-3-10(11(15)6-8)12(16)13-7-9-4-5-14-17-9/h2-6,15H,7H2,1H3,(H,13,16). The number of benzene rings is 1. The summed E-state index contributed by atoms with van der Waals surface area (Å²) in [5.41, 5.74) is 1.14. The van der Waals surface area contributed by atoms with Crippen LogP contribution in [0.2, 0.25) is 0 Å². The zero-order valence-corrected chi connectivity index (χ0v) is 9.30. The van der Waals surface area contributed by atoms with Crippen LogP contribution in [0, 0.1) is 6.92 Å². The molecule has 1 aromatic heterocycles. The van der Waals surface area contributed by atoms with Crippen LogP contribution in [-0.4, -0.2) is 16.2 Å². The number of hydrogen-bond donors (Lipinski definition) is 2. The Kier molecular flexibility index (Phi) is 3.09. The normalized spacial score (nSPS) is 10.2. The number of aromatic nitrogens is 1. The lowest BCUT2D eigenvalue weighted by Gasteiger charge is -2.05. The van der Waals surface area contributed by atoms with Crippen molar-refractivity contribution >= 4 is 5.91 Å². The van der Waals surface area contributed by atoms with E-state index in [1.54, 1.807) is 24.3 Å². The summed E-state index contributed by atoms with van der Waals surface area (Å²) in [4.78, 5) is 11.7. The molecule has 0 spiro atoms.